The zero-order valence-electron chi connectivity index (χ0n) is 14.5. The van der Waals surface area contributed by atoms with E-state index in [9.17, 15) is 9.18 Å². The van der Waals surface area contributed by atoms with Crippen molar-refractivity contribution in [2.45, 2.75) is 32.7 Å². The molecule has 0 saturated carbocycles. The number of amides is 1. The van der Waals surface area contributed by atoms with Crippen molar-refractivity contribution >= 4 is 18.3 Å². The number of rotatable bonds is 3. The first kappa shape index (κ1) is 19.4. The van der Waals surface area contributed by atoms with Crippen molar-refractivity contribution in [3.8, 4) is 5.69 Å². The van der Waals surface area contributed by atoms with Crippen LogP contribution in [-0.2, 0) is 0 Å². The number of hydrogen-bond donors (Lipinski definition) is 1. The van der Waals surface area contributed by atoms with Crippen LogP contribution in [0.25, 0.3) is 5.69 Å². The Bertz CT molecular complexity index is 721. The zero-order chi connectivity index (χ0) is 17.3. The van der Waals surface area contributed by atoms with Gasteiger partial charge in [0.2, 0.25) is 0 Å². The zero-order valence-corrected chi connectivity index (χ0v) is 15.3. The van der Waals surface area contributed by atoms with Gasteiger partial charge in [-0.25, -0.2) is 9.07 Å². The van der Waals surface area contributed by atoms with E-state index in [-0.39, 0.29) is 30.2 Å². The van der Waals surface area contributed by atoms with Crippen molar-refractivity contribution in [2.24, 2.45) is 11.7 Å². The molecule has 2 heterocycles. The maximum absolute atomic E-state index is 13.1. The minimum atomic E-state index is -0.295. The van der Waals surface area contributed by atoms with Gasteiger partial charge in [-0.05, 0) is 56.9 Å². The molecular weight excluding hydrogens is 343 g/mol. The normalized spacial score (nSPS) is 16.4. The Morgan fingerprint density at radius 1 is 1.28 bits per heavy atom. The fourth-order valence-corrected chi connectivity index (χ4v) is 3.26. The minimum Gasteiger partial charge on any atom is -0.339 e. The first-order valence-electron chi connectivity index (χ1n) is 8.33. The molecule has 1 atom stereocenters. The quantitative estimate of drug-likeness (QED) is 0.908. The molecule has 3 rings (SSSR count). The van der Waals surface area contributed by atoms with Crippen molar-refractivity contribution < 1.29 is 9.18 Å². The summed E-state index contributed by atoms with van der Waals surface area (Å²) in [4.78, 5) is 14.7. The molecule has 1 saturated heterocycles. The largest absolute Gasteiger partial charge is 0.339 e. The molecule has 1 aliphatic rings. The topological polar surface area (TPSA) is 64.2 Å². The maximum Gasteiger partial charge on any atom is 0.257 e. The standard InChI is InChI=1S/C18H23FN4O.ClH/c1-12(20)14-7-9-22(10-8-14)18(24)17-11-21-23(13(17)2)16-5-3-15(19)4-6-16;/h3-6,11-12,14H,7-10,20H2,1-2H3;1H. The summed E-state index contributed by atoms with van der Waals surface area (Å²) in [5.74, 6) is 0.193. The average Bonchev–Trinajstić information content (AvgIpc) is 2.96. The van der Waals surface area contributed by atoms with Gasteiger partial charge in [-0.1, -0.05) is 0 Å². The summed E-state index contributed by atoms with van der Waals surface area (Å²) >= 11 is 0. The fourth-order valence-electron chi connectivity index (χ4n) is 3.26. The predicted molar refractivity (Wildman–Crippen MR) is 97.8 cm³/mol. The monoisotopic (exact) mass is 366 g/mol. The number of nitrogens with two attached hydrogens (primary N) is 1. The second kappa shape index (κ2) is 7.97. The Hall–Kier alpha value is -1.92. The Morgan fingerprint density at radius 2 is 1.88 bits per heavy atom. The number of hydrogen-bond acceptors (Lipinski definition) is 3. The molecule has 1 fully saturated rings. The first-order chi connectivity index (χ1) is 11.5. The van der Waals surface area contributed by atoms with Crippen LogP contribution in [0.1, 0.15) is 35.8 Å². The van der Waals surface area contributed by atoms with E-state index in [0.29, 0.717) is 11.5 Å². The number of halogens is 2. The van der Waals surface area contributed by atoms with Crippen LogP contribution in [0.2, 0.25) is 0 Å². The van der Waals surface area contributed by atoms with Crippen molar-refractivity contribution in [1.29, 1.82) is 0 Å². The van der Waals surface area contributed by atoms with Gasteiger partial charge in [0.05, 0.1) is 23.1 Å². The Morgan fingerprint density at radius 3 is 2.44 bits per heavy atom. The van der Waals surface area contributed by atoms with Gasteiger partial charge in [0, 0.05) is 19.1 Å². The SMILES string of the molecule is Cc1c(C(=O)N2CCC(C(C)N)CC2)cnn1-c1ccc(F)cc1.Cl. The summed E-state index contributed by atoms with van der Waals surface area (Å²) in [6.07, 6.45) is 3.47. The highest BCUT2D eigenvalue weighted by atomic mass is 35.5. The van der Waals surface area contributed by atoms with Gasteiger partial charge in [-0.15, -0.1) is 12.4 Å². The molecule has 7 heteroatoms. The lowest BCUT2D eigenvalue weighted by molar-refractivity contribution is 0.0680. The van der Waals surface area contributed by atoms with Crippen LogP contribution in [0.3, 0.4) is 0 Å². The number of piperidine rings is 1. The lowest BCUT2D eigenvalue weighted by Gasteiger charge is -2.33. The Kier molecular flexibility index (Phi) is 6.19. The summed E-state index contributed by atoms with van der Waals surface area (Å²) in [6, 6.07) is 6.24. The molecule has 1 aromatic heterocycles. The number of likely N-dealkylation sites (tertiary alicyclic amines) is 1. The lowest BCUT2D eigenvalue weighted by Crippen LogP contribution is -2.42. The maximum atomic E-state index is 13.1. The molecule has 0 bridgehead atoms. The summed E-state index contributed by atoms with van der Waals surface area (Å²) < 4.78 is 14.7. The Balaban J connectivity index is 0.00000225. The lowest BCUT2D eigenvalue weighted by atomic mass is 9.91. The summed E-state index contributed by atoms with van der Waals surface area (Å²) in [6.45, 7) is 5.34. The van der Waals surface area contributed by atoms with Crippen LogP contribution in [0.4, 0.5) is 4.39 Å². The fraction of sp³-hybridized carbons (Fsp3) is 0.444. The third-order valence-corrected chi connectivity index (χ3v) is 4.88. The molecule has 5 nitrogen and oxygen atoms in total. The van der Waals surface area contributed by atoms with E-state index in [0.717, 1.165) is 37.3 Å². The van der Waals surface area contributed by atoms with E-state index >= 15 is 0 Å². The van der Waals surface area contributed by atoms with Gasteiger partial charge in [-0.2, -0.15) is 5.10 Å². The molecule has 1 aromatic carbocycles. The van der Waals surface area contributed by atoms with E-state index in [1.54, 1.807) is 23.0 Å². The van der Waals surface area contributed by atoms with Crippen molar-refractivity contribution in [3.63, 3.8) is 0 Å². The Labute approximate surface area is 153 Å². The van der Waals surface area contributed by atoms with Crippen LogP contribution < -0.4 is 5.73 Å². The molecule has 0 aliphatic carbocycles. The van der Waals surface area contributed by atoms with Crippen molar-refractivity contribution in [2.75, 3.05) is 13.1 Å². The second-order valence-electron chi connectivity index (χ2n) is 6.52. The summed E-state index contributed by atoms with van der Waals surface area (Å²) in [7, 11) is 0. The molecule has 1 unspecified atom stereocenters. The van der Waals surface area contributed by atoms with E-state index in [1.807, 2.05) is 18.7 Å². The summed E-state index contributed by atoms with van der Waals surface area (Å²) in [5.41, 5.74) is 8.06. The highest BCUT2D eigenvalue weighted by Gasteiger charge is 2.27. The first-order valence-corrected chi connectivity index (χ1v) is 8.33. The molecule has 25 heavy (non-hydrogen) atoms. The van der Waals surface area contributed by atoms with E-state index in [2.05, 4.69) is 5.10 Å². The number of aromatic nitrogens is 2. The minimum absolute atomic E-state index is 0. The molecule has 1 aliphatic heterocycles. The van der Waals surface area contributed by atoms with Gasteiger partial charge in [-0.3, -0.25) is 4.79 Å². The third kappa shape index (κ3) is 4.02. The molecule has 1 amide bonds. The molecule has 136 valence electrons. The van der Waals surface area contributed by atoms with E-state index < -0.39 is 0 Å². The van der Waals surface area contributed by atoms with Crippen LogP contribution in [0.15, 0.2) is 30.5 Å². The van der Waals surface area contributed by atoms with Crippen LogP contribution in [0.5, 0.6) is 0 Å². The van der Waals surface area contributed by atoms with Gasteiger partial charge in [0.25, 0.3) is 5.91 Å². The van der Waals surface area contributed by atoms with E-state index in [4.69, 9.17) is 5.73 Å². The average molecular weight is 367 g/mol. The third-order valence-electron chi connectivity index (χ3n) is 4.88. The van der Waals surface area contributed by atoms with Crippen molar-refractivity contribution in [1.82, 2.24) is 14.7 Å². The summed E-state index contributed by atoms with van der Waals surface area (Å²) in [5, 5.41) is 4.30. The van der Waals surface area contributed by atoms with Crippen LogP contribution >= 0.6 is 12.4 Å². The molecule has 0 radical (unpaired) electrons. The number of carbonyl (C=O) groups excluding carboxylic acids is 1. The predicted octanol–water partition coefficient (Wildman–Crippen LogP) is 2.94. The van der Waals surface area contributed by atoms with Gasteiger partial charge in [0.15, 0.2) is 0 Å². The van der Waals surface area contributed by atoms with Gasteiger partial charge >= 0.3 is 0 Å². The van der Waals surface area contributed by atoms with Crippen molar-refractivity contribution in [3.05, 3.63) is 47.5 Å². The molecule has 0 spiro atoms. The van der Waals surface area contributed by atoms with Gasteiger partial charge in [0.1, 0.15) is 5.82 Å². The number of carbonyl (C=O) groups is 1. The molecule has 2 aromatic rings. The molecule has 2 N–H and O–H groups in total. The van der Waals surface area contributed by atoms with E-state index in [1.165, 1.54) is 12.1 Å². The van der Waals surface area contributed by atoms with Gasteiger partial charge < -0.3 is 10.6 Å². The highest BCUT2D eigenvalue weighted by Crippen LogP contribution is 2.22. The number of benzene rings is 1. The van der Waals surface area contributed by atoms with Crippen LogP contribution in [0, 0.1) is 18.7 Å². The molecular formula is C18H24ClFN4O. The highest BCUT2D eigenvalue weighted by molar-refractivity contribution is 5.95. The van der Waals surface area contributed by atoms with Crippen LogP contribution in [-0.4, -0.2) is 39.7 Å². The number of nitrogens with zero attached hydrogens (tertiary/aromatic N) is 3. The second-order valence-corrected chi connectivity index (χ2v) is 6.52. The smallest absolute Gasteiger partial charge is 0.257 e.